The molecule has 0 saturated heterocycles. The lowest BCUT2D eigenvalue weighted by atomic mass is 9.97. The Morgan fingerprint density at radius 1 is 0.842 bits per heavy atom. The SMILES string of the molecule is COCOCc1c2ccccc2cc2ccccc12. The fourth-order valence-electron chi connectivity index (χ4n) is 2.49. The molecule has 2 nitrogen and oxygen atoms in total. The summed E-state index contributed by atoms with van der Waals surface area (Å²) in [6.45, 7) is 0.882. The molecular formula is C17H16O2. The van der Waals surface area contributed by atoms with Gasteiger partial charge in [0.15, 0.2) is 0 Å². The van der Waals surface area contributed by atoms with Gasteiger partial charge in [-0.15, -0.1) is 0 Å². The van der Waals surface area contributed by atoms with Crippen molar-refractivity contribution in [1.82, 2.24) is 0 Å². The molecular weight excluding hydrogens is 236 g/mol. The van der Waals surface area contributed by atoms with E-state index in [4.69, 9.17) is 9.47 Å². The van der Waals surface area contributed by atoms with Crippen LogP contribution in [-0.4, -0.2) is 13.9 Å². The van der Waals surface area contributed by atoms with E-state index in [1.165, 1.54) is 27.1 Å². The van der Waals surface area contributed by atoms with E-state index in [1.807, 2.05) is 0 Å². The number of hydrogen-bond donors (Lipinski definition) is 0. The van der Waals surface area contributed by atoms with E-state index < -0.39 is 0 Å². The van der Waals surface area contributed by atoms with Gasteiger partial charge in [0.1, 0.15) is 6.79 Å². The molecule has 3 rings (SSSR count). The van der Waals surface area contributed by atoms with Gasteiger partial charge in [0.2, 0.25) is 0 Å². The Labute approximate surface area is 112 Å². The van der Waals surface area contributed by atoms with Crippen LogP contribution >= 0.6 is 0 Å². The maximum atomic E-state index is 5.56. The lowest BCUT2D eigenvalue weighted by Gasteiger charge is -2.11. The standard InChI is InChI=1S/C17H16O2/c1-18-12-19-11-17-15-8-4-2-6-13(15)10-14-7-3-5-9-16(14)17/h2-10H,11-12H2,1H3. The Kier molecular flexibility index (Phi) is 3.45. The van der Waals surface area contributed by atoms with Crippen LogP contribution in [0, 0.1) is 0 Å². The van der Waals surface area contributed by atoms with Gasteiger partial charge < -0.3 is 9.47 Å². The number of hydrogen-bond acceptors (Lipinski definition) is 2. The van der Waals surface area contributed by atoms with Crippen molar-refractivity contribution in [2.24, 2.45) is 0 Å². The van der Waals surface area contributed by atoms with Crippen molar-refractivity contribution in [2.75, 3.05) is 13.9 Å². The summed E-state index contributed by atoms with van der Waals surface area (Å²) in [7, 11) is 1.64. The van der Waals surface area contributed by atoms with Gasteiger partial charge in [0.25, 0.3) is 0 Å². The summed E-state index contributed by atoms with van der Waals surface area (Å²) >= 11 is 0. The molecule has 3 aromatic rings. The van der Waals surface area contributed by atoms with E-state index in [0.717, 1.165) is 0 Å². The molecule has 0 atom stereocenters. The number of benzene rings is 3. The summed E-state index contributed by atoms with van der Waals surface area (Å²) in [4.78, 5) is 0. The van der Waals surface area contributed by atoms with Crippen molar-refractivity contribution >= 4 is 21.5 Å². The highest BCUT2D eigenvalue weighted by molar-refractivity contribution is 6.02. The normalized spacial score (nSPS) is 11.2. The first kappa shape index (κ1) is 12.2. The lowest BCUT2D eigenvalue weighted by Crippen LogP contribution is -1.98. The number of fused-ring (bicyclic) bond motifs is 2. The van der Waals surface area contributed by atoms with Gasteiger partial charge in [-0.3, -0.25) is 0 Å². The number of ether oxygens (including phenoxy) is 2. The van der Waals surface area contributed by atoms with Gasteiger partial charge >= 0.3 is 0 Å². The Morgan fingerprint density at radius 2 is 1.42 bits per heavy atom. The number of methoxy groups -OCH3 is 1. The van der Waals surface area contributed by atoms with E-state index >= 15 is 0 Å². The largest absolute Gasteiger partial charge is 0.359 e. The first-order valence-electron chi connectivity index (χ1n) is 6.36. The molecule has 19 heavy (non-hydrogen) atoms. The van der Waals surface area contributed by atoms with Crippen LogP contribution in [0.5, 0.6) is 0 Å². The average Bonchev–Trinajstić information content (AvgIpc) is 2.46. The van der Waals surface area contributed by atoms with Gasteiger partial charge in [-0.25, -0.2) is 0 Å². The molecule has 0 aliphatic heterocycles. The minimum absolute atomic E-state index is 0.317. The Morgan fingerprint density at radius 3 is 2.00 bits per heavy atom. The Bertz CT molecular complexity index is 650. The van der Waals surface area contributed by atoms with Crippen LogP contribution in [0.4, 0.5) is 0 Å². The third-order valence-electron chi connectivity index (χ3n) is 3.33. The second kappa shape index (κ2) is 5.39. The molecule has 0 fully saturated rings. The van der Waals surface area contributed by atoms with E-state index in [-0.39, 0.29) is 0 Å². The van der Waals surface area contributed by atoms with Crippen LogP contribution in [0.3, 0.4) is 0 Å². The van der Waals surface area contributed by atoms with E-state index in [2.05, 4.69) is 54.6 Å². The molecule has 96 valence electrons. The second-order valence-corrected chi connectivity index (χ2v) is 4.55. The van der Waals surface area contributed by atoms with Crippen molar-refractivity contribution in [1.29, 1.82) is 0 Å². The van der Waals surface area contributed by atoms with Gasteiger partial charge in [-0.05, 0) is 33.2 Å². The van der Waals surface area contributed by atoms with Gasteiger partial charge in [0, 0.05) is 7.11 Å². The third kappa shape index (κ3) is 2.33. The zero-order chi connectivity index (χ0) is 13.1. The zero-order valence-corrected chi connectivity index (χ0v) is 10.9. The monoisotopic (exact) mass is 252 g/mol. The maximum Gasteiger partial charge on any atom is 0.146 e. The highest BCUT2D eigenvalue weighted by Crippen LogP contribution is 2.28. The average molecular weight is 252 g/mol. The highest BCUT2D eigenvalue weighted by Gasteiger charge is 2.07. The summed E-state index contributed by atoms with van der Waals surface area (Å²) in [5, 5.41) is 4.99. The van der Waals surface area contributed by atoms with Gasteiger partial charge in [-0.2, -0.15) is 0 Å². The molecule has 0 N–H and O–H groups in total. The van der Waals surface area contributed by atoms with Crippen LogP contribution < -0.4 is 0 Å². The molecule has 0 amide bonds. The molecule has 0 unspecified atom stereocenters. The molecule has 0 aliphatic carbocycles. The van der Waals surface area contributed by atoms with Crippen LogP contribution in [-0.2, 0) is 16.1 Å². The smallest absolute Gasteiger partial charge is 0.146 e. The summed E-state index contributed by atoms with van der Waals surface area (Å²) < 4.78 is 10.5. The van der Waals surface area contributed by atoms with Crippen LogP contribution in [0.2, 0.25) is 0 Å². The topological polar surface area (TPSA) is 18.5 Å². The molecule has 3 aromatic carbocycles. The quantitative estimate of drug-likeness (QED) is 0.395. The summed E-state index contributed by atoms with van der Waals surface area (Å²) in [6.07, 6.45) is 0. The van der Waals surface area contributed by atoms with E-state index in [0.29, 0.717) is 13.4 Å². The summed E-state index contributed by atoms with van der Waals surface area (Å²) in [5.41, 5.74) is 1.23. The summed E-state index contributed by atoms with van der Waals surface area (Å²) in [5.74, 6) is 0. The van der Waals surface area contributed by atoms with Crippen molar-refractivity contribution < 1.29 is 9.47 Å². The first-order chi connectivity index (χ1) is 9.40. The Hall–Kier alpha value is -1.90. The van der Waals surface area contributed by atoms with E-state index in [9.17, 15) is 0 Å². The van der Waals surface area contributed by atoms with Crippen molar-refractivity contribution in [2.45, 2.75) is 6.61 Å². The number of rotatable bonds is 4. The molecule has 0 radical (unpaired) electrons. The minimum atomic E-state index is 0.317. The molecule has 0 aliphatic rings. The zero-order valence-electron chi connectivity index (χ0n) is 10.9. The molecule has 0 bridgehead atoms. The predicted molar refractivity (Wildman–Crippen MR) is 78.1 cm³/mol. The van der Waals surface area contributed by atoms with Crippen molar-refractivity contribution in [3.8, 4) is 0 Å². The molecule has 0 aromatic heterocycles. The van der Waals surface area contributed by atoms with Crippen LogP contribution in [0.1, 0.15) is 5.56 Å². The van der Waals surface area contributed by atoms with Crippen LogP contribution in [0.15, 0.2) is 54.6 Å². The fourth-order valence-corrected chi connectivity index (χ4v) is 2.49. The lowest BCUT2D eigenvalue weighted by molar-refractivity contribution is -0.0383. The van der Waals surface area contributed by atoms with E-state index in [1.54, 1.807) is 7.11 Å². The summed E-state index contributed by atoms with van der Waals surface area (Å²) in [6, 6.07) is 19.1. The third-order valence-corrected chi connectivity index (χ3v) is 3.33. The molecule has 0 spiro atoms. The van der Waals surface area contributed by atoms with Crippen molar-refractivity contribution in [3.63, 3.8) is 0 Å². The molecule has 0 saturated carbocycles. The highest BCUT2D eigenvalue weighted by atomic mass is 16.7. The molecule has 0 heterocycles. The predicted octanol–water partition coefficient (Wildman–Crippen LogP) is 4.11. The van der Waals surface area contributed by atoms with Crippen LogP contribution in [0.25, 0.3) is 21.5 Å². The Balaban J connectivity index is 2.21. The van der Waals surface area contributed by atoms with Gasteiger partial charge in [0.05, 0.1) is 6.61 Å². The first-order valence-corrected chi connectivity index (χ1v) is 6.36. The maximum absolute atomic E-state index is 5.56. The van der Waals surface area contributed by atoms with Gasteiger partial charge in [-0.1, -0.05) is 48.5 Å². The fraction of sp³-hybridized carbons (Fsp3) is 0.176. The second-order valence-electron chi connectivity index (χ2n) is 4.55. The molecule has 2 heteroatoms. The minimum Gasteiger partial charge on any atom is -0.359 e. The van der Waals surface area contributed by atoms with Crippen molar-refractivity contribution in [3.05, 3.63) is 60.2 Å².